The summed E-state index contributed by atoms with van der Waals surface area (Å²) < 4.78 is 5.48. The Bertz CT molecular complexity index is 252. The van der Waals surface area contributed by atoms with E-state index in [9.17, 15) is 0 Å². The molecular formula is C11H18N2O. The van der Waals surface area contributed by atoms with Crippen molar-refractivity contribution >= 4 is 0 Å². The molecule has 1 N–H and O–H groups in total. The van der Waals surface area contributed by atoms with E-state index in [1.54, 1.807) is 6.26 Å². The van der Waals surface area contributed by atoms with Crippen molar-refractivity contribution in [2.75, 3.05) is 26.2 Å². The lowest BCUT2D eigenvalue weighted by Gasteiger charge is -2.33. The number of hydrogen-bond donors (Lipinski definition) is 1. The molecule has 0 aromatic carbocycles. The summed E-state index contributed by atoms with van der Waals surface area (Å²) >= 11 is 0. The molecule has 3 heteroatoms. The quantitative estimate of drug-likeness (QED) is 0.793. The molecule has 1 aromatic heterocycles. The largest absolute Gasteiger partial charge is 0.468 e. The van der Waals surface area contributed by atoms with E-state index in [4.69, 9.17) is 4.42 Å². The maximum Gasteiger partial charge on any atom is 0.120 e. The molecule has 1 atom stereocenters. The molecule has 1 fully saturated rings. The molecule has 0 radical (unpaired) electrons. The van der Waals surface area contributed by atoms with Crippen molar-refractivity contribution in [3.8, 4) is 0 Å². The monoisotopic (exact) mass is 194 g/mol. The van der Waals surface area contributed by atoms with Gasteiger partial charge in [0.25, 0.3) is 0 Å². The van der Waals surface area contributed by atoms with E-state index in [-0.39, 0.29) is 0 Å². The Kier molecular flexibility index (Phi) is 3.22. The Morgan fingerprint density at radius 1 is 1.50 bits per heavy atom. The van der Waals surface area contributed by atoms with Gasteiger partial charge in [0.15, 0.2) is 0 Å². The third kappa shape index (κ3) is 1.99. The maximum atomic E-state index is 5.48. The topological polar surface area (TPSA) is 28.4 Å². The van der Waals surface area contributed by atoms with E-state index < -0.39 is 0 Å². The molecule has 2 heterocycles. The Morgan fingerprint density at radius 2 is 2.29 bits per heavy atom. The first kappa shape index (κ1) is 9.74. The third-order valence-electron chi connectivity index (χ3n) is 2.85. The van der Waals surface area contributed by atoms with Gasteiger partial charge in [-0.25, -0.2) is 0 Å². The van der Waals surface area contributed by atoms with Crippen LogP contribution in [0, 0.1) is 0 Å². The highest BCUT2D eigenvalue weighted by Gasteiger charge is 2.22. The smallest absolute Gasteiger partial charge is 0.120 e. The molecule has 3 nitrogen and oxygen atoms in total. The Hall–Kier alpha value is -0.800. The van der Waals surface area contributed by atoms with Crippen LogP contribution in [0.5, 0.6) is 0 Å². The fourth-order valence-corrected chi connectivity index (χ4v) is 2.11. The van der Waals surface area contributed by atoms with Crippen molar-refractivity contribution in [1.82, 2.24) is 10.2 Å². The van der Waals surface area contributed by atoms with E-state index in [1.165, 1.54) is 0 Å². The molecule has 1 aliphatic heterocycles. The fourth-order valence-electron chi connectivity index (χ4n) is 2.11. The van der Waals surface area contributed by atoms with Crippen LogP contribution in [-0.4, -0.2) is 31.1 Å². The normalized spacial score (nSPS) is 20.9. The van der Waals surface area contributed by atoms with E-state index in [1.807, 2.05) is 6.07 Å². The molecule has 1 saturated heterocycles. The average molecular weight is 194 g/mol. The number of rotatable bonds is 3. The molecule has 0 amide bonds. The highest BCUT2D eigenvalue weighted by molar-refractivity contribution is 5.04. The van der Waals surface area contributed by atoms with Crippen LogP contribution in [0.4, 0.5) is 0 Å². The first-order valence-corrected chi connectivity index (χ1v) is 5.40. The summed E-state index contributed by atoms with van der Waals surface area (Å²) in [6, 6.07) is 4.52. The van der Waals surface area contributed by atoms with Crippen LogP contribution in [0.25, 0.3) is 0 Å². The second kappa shape index (κ2) is 4.62. The van der Waals surface area contributed by atoms with Gasteiger partial charge in [-0.3, -0.25) is 4.90 Å². The molecule has 78 valence electrons. The van der Waals surface area contributed by atoms with Gasteiger partial charge in [-0.1, -0.05) is 6.92 Å². The van der Waals surface area contributed by atoms with Crippen LogP contribution in [-0.2, 0) is 0 Å². The summed E-state index contributed by atoms with van der Waals surface area (Å²) in [7, 11) is 0. The molecule has 0 saturated carbocycles. The highest BCUT2D eigenvalue weighted by Crippen LogP contribution is 2.24. The number of furan rings is 1. The van der Waals surface area contributed by atoms with E-state index >= 15 is 0 Å². The van der Waals surface area contributed by atoms with Crippen molar-refractivity contribution in [3.63, 3.8) is 0 Å². The minimum Gasteiger partial charge on any atom is -0.468 e. The van der Waals surface area contributed by atoms with Crippen LogP contribution in [0.15, 0.2) is 22.8 Å². The summed E-state index contributed by atoms with van der Waals surface area (Å²) in [6.45, 7) is 6.65. The molecular weight excluding hydrogens is 176 g/mol. The lowest BCUT2D eigenvalue weighted by Crippen LogP contribution is -2.44. The predicted molar refractivity (Wildman–Crippen MR) is 56.2 cm³/mol. The van der Waals surface area contributed by atoms with Crippen molar-refractivity contribution in [3.05, 3.63) is 24.2 Å². The highest BCUT2D eigenvalue weighted by atomic mass is 16.3. The number of piperazine rings is 1. The SMILES string of the molecule is CC[C@H](c1ccco1)N1CCNCC1. The second-order valence-corrected chi connectivity index (χ2v) is 3.73. The predicted octanol–water partition coefficient (Wildman–Crippen LogP) is 1.64. The zero-order valence-electron chi connectivity index (χ0n) is 8.70. The van der Waals surface area contributed by atoms with Crippen molar-refractivity contribution in [2.24, 2.45) is 0 Å². The van der Waals surface area contributed by atoms with Crippen LogP contribution in [0.2, 0.25) is 0 Å². The molecule has 1 aliphatic rings. The molecule has 14 heavy (non-hydrogen) atoms. The Balaban J connectivity index is 2.04. The number of nitrogens with zero attached hydrogens (tertiary/aromatic N) is 1. The van der Waals surface area contributed by atoms with Gasteiger partial charge in [-0.15, -0.1) is 0 Å². The van der Waals surface area contributed by atoms with Crippen LogP contribution < -0.4 is 5.32 Å². The van der Waals surface area contributed by atoms with E-state index in [0.717, 1.165) is 38.4 Å². The summed E-state index contributed by atoms with van der Waals surface area (Å²) in [5.74, 6) is 1.11. The van der Waals surface area contributed by atoms with Crippen molar-refractivity contribution in [1.29, 1.82) is 0 Å². The van der Waals surface area contributed by atoms with Gasteiger partial charge < -0.3 is 9.73 Å². The minimum atomic E-state index is 0.465. The van der Waals surface area contributed by atoms with Gasteiger partial charge in [0, 0.05) is 26.2 Å². The Morgan fingerprint density at radius 3 is 2.86 bits per heavy atom. The zero-order chi connectivity index (χ0) is 9.80. The van der Waals surface area contributed by atoms with Gasteiger partial charge in [-0.2, -0.15) is 0 Å². The van der Waals surface area contributed by atoms with Crippen LogP contribution >= 0.6 is 0 Å². The summed E-state index contributed by atoms with van der Waals surface area (Å²) in [4.78, 5) is 2.50. The van der Waals surface area contributed by atoms with Gasteiger partial charge in [0.1, 0.15) is 5.76 Å². The fraction of sp³-hybridized carbons (Fsp3) is 0.636. The lowest BCUT2D eigenvalue weighted by atomic mass is 10.1. The average Bonchev–Trinajstić information content (AvgIpc) is 2.74. The maximum absolute atomic E-state index is 5.48. The summed E-state index contributed by atoms with van der Waals surface area (Å²) in [6.07, 6.45) is 2.88. The van der Waals surface area contributed by atoms with Gasteiger partial charge in [-0.05, 0) is 18.6 Å². The first-order chi connectivity index (χ1) is 6.92. The molecule has 0 unspecified atom stereocenters. The standard InChI is InChI=1S/C11H18N2O/c1-2-10(11-4-3-9-14-11)13-7-5-12-6-8-13/h3-4,9-10,12H,2,5-8H2,1H3/t10-/m1/s1. The van der Waals surface area contributed by atoms with E-state index in [2.05, 4.69) is 23.2 Å². The molecule has 2 rings (SSSR count). The Labute approximate surface area is 85.1 Å². The molecule has 0 bridgehead atoms. The third-order valence-corrected chi connectivity index (χ3v) is 2.85. The number of nitrogens with one attached hydrogen (secondary N) is 1. The lowest BCUT2D eigenvalue weighted by molar-refractivity contribution is 0.150. The summed E-state index contributed by atoms with van der Waals surface area (Å²) in [5, 5.41) is 3.37. The zero-order valence-corrected chi connectivity index (χ0v) is 8.70. The summed E-state index contributed by atoms with van der Waals surface area (Å²) in [5.41, 5.74) is 0. The first-order valence-electron chi connectivity index (χ1n) is 5.40. The molecule has 0 spiro atoms. The second-order valence-electron chi connectivity index (χ2n) is 3.73. The van der Waals surface area contributed by atoms with Gasteiger partial charge in [0.2, 0.25) is 0 Å². The molecule has 1 aromatic rings. The van der Waals surface area contributed by atoms with Crippen LogP contribution in [0.1, 0.15) is 25.1 Å². The minimum absolute atomic E-state index is 0.465. The van der Waals surface area contributed by atoms with Gasteiger partial charge >= 0.3 is 0 Å². The molecule has 0 aliphatic carbocycles. The van der Waals surface area contributed by atoms with Crippen molar-refractivity contribution < 1.29 is 4.42 Å². The number of hydrogen-bond acceptors (Lipinski definition) is 3. The van der Waals surface area contributed by atoms with Crippen LogP contribution in [0.3, 0.4) is 0 Å². The van der Waals surface area contributed by atoms with E-state index in [0.29, 0.717) is 6.04 Å². The van der Waals surface area contributed by atoms with Crippen molar-refractivity contribution in [2.45, 2.75) is 19.4 Å². The van der Waals surface area contributed by atoms with Gasteiger partial charge in [0.05, 0.1) is 12.3 Å².